The molecule has 1 saturated heterocycles. The van der Waals surface area contributed by atoms with Crippen LogP contribution in [0.1, 0.15) is 13.8 Å². The van der Waals surface area contributed by atoms with Gasteiger partial charge in [0, 0.05) is 0 Å². The number of aliphatic hydroxyl groups is 5. The first-order valence-corrected chi connectivity index (χ1v) is 7.92. The lowest BCUT2D eigenvalue weighted by atomic mass is 9.98. The summed E-state index contributed by atoms with van der Waals surface area (Å²) < 4.78 is 14.8. The van der Waals surface area contributed by atoms with E-state index in [4.69, 9.17) is 25.7 Å². The Morgan fingerprint density at radius 3 is 1.81 bits per heavy atom. The molecule has 1 heterocycles. The Kier molecular flexibility index (Phi) is 8.30. The van der Waals surface area contributed by atoms with Crippen molar-refractivity contribution in [1.29, 1.82) is 0 Å². The molecule has 0 amide bonds. The quantitative estimate of drug-likeness (QED) is 0.207. The maximum absolute atomic E-state index is 12.0. The molecule has 26 heavy (non-hydrogen) atoms. The third-order valence-electron chi connectivity index (χ3n) is 3.90. The molecule has 1 aliphatic heterocycles. The molecule has 1 unspecified atom stereocenters. The minimum absolute atomic E-state index is 0.734. The zero-order valence-corrected chi connectivity index (χ0v) is 14.3. The first-order chi connectivity index (χ1) is 12.0. The van der Waals surface area contributed by atoms with E-state index < -0.39 is 73.5 Å². The van der Waals surface area contributed by atoms with Gasteiger partial charge in [-0.2, -0.15) is 0 Å². The van der Waals surface area contributed by atoms with Gasteiger partial charge in [0.05, 0.1) is 18.8 Å². The topological polar surface area (TPSA) is 215 Å². The van der Waals surface area contributed by atoms with E-state index in [2.05, 4.69) is 0 Å². The molecule has 9 N–H and O–H groups in total. The largest absolute Gasteiger partial charge is 0.454 e. The van der Waals surface area contributed by atoms with Crippen LogP contribution in [0.2, 0.25) is 0 Å². The number of ether oxygens (including phenoxy) is 3. The molecule has 0 spiro atoms. The number of carbonyl (C=O) groups is 2. The molecule has 0 aromatic carbocycles. The summed E-state index contributed by atoms with van der Waals surface area (Å²) in [6, 6.07) is -2.93. The summed E-state index contributed by atoms with van der Waals surface area (Å²) in [4.78, 5) is 23.9. The number of rotatable bonds is 7. The molecule has 0 radical (unpaired) electrons. The molecule has 0 bridgehead atoms. The smallest absolute Gasteiger partial charge is 0.326 e. The normalized spacial score (nSPS) is 33.7. The third kappa shape index (κ3) is 5.31. The maximum Gasteiger partial charge on any atom is 0.326 e. The Morgan fingerprint density at radius 1 is 1.00 bits per heavy atom. The molecule has 12 nitrogen and oxygen atoms in total. The van der Waals surface area contributed by atoms with Gasteiger partial charge in [0.15, 0.2) is 18.5 Å². The van der Waals surface area contributed by atoms with Gasteiger partial charge in [0.2, 0.25) is 0 Å². The summed E-state index contributed by atoms with van der Waals surface area (Å²) in [5.74, 6) is -2.29. The van der Waals surface area contributed by atoms with E-state index in [1.165, 1.54) is 13.8 Å². The lowest BCUT2D eigenvalue weighted by molar-refractivity contribution is -0.294. The van der Waals surface area contributed by atoms with Crippen LogP contribution in [0.5, 0.6) is 0 Å². The number of nitrogens with two attached hydrogens (primary N) is 2. The summed E-state index contributed by atoms with van der Waals surface area (Å²) in [6.07, 6.45) is -10.8. The second kappa shape index (κ2) is 9.53. The Balaban J connectivity index is 3.01. The lowest BCUT2D eigenvalue weighted by Crippen LogP contribution is -2.62. The van der Waals surface area contributed by atoms with Crippen LogP contribution >= 0.6 is 0 Å². The summed E-state index contributed by atoms with van der Waals surface area (Å²) in [5, 5.41) is 48.1. The van der Waals surface area contributed by atoms with E-state index in [-0.39, 0.29) is 0 Å². The number of hydrogen-bond acceptors (Lipinski definition) is 12. The van der Waals surface area contributed by atoms with Crippen molar-refractivity contribution < 1.29 is 49.3 Å². The summed E-state index contributed by atoms with van der Waals surface area (Å²) in [6.45, 7) is 1.73. The molecule has 0 aliphatic carbocycles. The van der Waals surface area contributed by atoms with Crippen molar-refractivity contribution in [3.05, 3.63) is 0 Å². The molecule has 9 atom stereocenters. The summed E-state index contributed by atoms with van der Waals surface area (Å²) in [7, 11) is 0. The number of carbonyl (C=O) groups excluding carboxylic acids is 2. The van der Waals surface area contributed by atoms with Crippen molar-refractivity contribution in [3.8, 4) is 0 Å². The third-order valence-corrected chi connectivity index (χ3v) is 3.90. The van der Waals surface area contributed by atoms with Crippen LogP contribution in [-0.2, 0) is 23.8 Å². The predicted molar refractivity (Wildman–Crippen MR) is 83.0 cm³/mol. The fourth-order valence-electron chi connectivity index (χ4n) is 2.14. The summed E-state index contributed by atoms with van der Waals surface area (Å²) in [5.41, 5.74) is 10.9. The number of esters is 2. The van der Waals surface area contributed by atoms with E-state index in [0.717, 1.165) is 0 Å². The predicted octanol–water partition coefficient (Wildman–Crippen LogP) is -4.70. The fraction of sp³-hybridized carbons (Fsp3) is 0.857. The first-order valence-electron chi connectivity index (χ1n) is 7.92. The van der Waals surface area contributed by atoms with Crippen LogP contribution in [0.4, 0.5) is 0 Å². The van der Waals surface area contributed by atoms with Gasteiger partial charge in [0.1, 0.15) is 24.3 Å². The van der Waals surface area contributed by atoms with Crippen molar-refractivity contribution in [2.45, 2.75) is 68.8 Å². The van der Waals surface area contributed by atoms with Gasteiger partial charge >= 0.3 is 11.9 Å². The van der Waals surface area contributed by atoms with Crippen LogP contribution in [-0.4, -0.2) is 99.1 Å². The fourth-order valence-corrected chi connectivity index (χ4v) is 2.14. The zero-order valence-electron chi connectivity index (χ0n) is 14.3. The Bertz CT molecular complexity index is 488. The molecule has 1 rings (SSSR count). The van der Waals surface area contributed by atoms with Gasteiger partial charge in [-0.05, 0) is 13.8 Å². The van der Waals surface area contributed by atoms with Gasteiger partial charge in [0.25, 0.3) is 0 Å². The van der Waals surface area contributed by atoms with Crippen LogP contribution in [0.25, 0.3) is 0 Å². The van der Waals surface area contributed by atoms with Crippen molar-refractivity contribution in [1.82, 2.24) is 0 Å². The Hall–Kier alpha value is -1.38. The highest BCUT2D eigenvalue weighted by atomic mass is 16.7. The summed E-state index contributed by atoms with van der Waals surface area (Å²) >= 11 is 0. The van der Waals surface area contributed by atoms with Crippen molar-refractivity contribution in [2.24, 2.45) is 11.5 Å². The molecule has 0 saturated carbocycles. The molecule has 0 aromatic rings. The highest BCUT2D eigenvalue weighted by Crippen LogP contribution is 2.25. The zero-order chi connectivity index (χ0) is 20.2. The number of aliphatic hydroxyl groups excluding tert-OH is 5. The van der Waals surface area contributed by atoms with Gasteiger partial charge < -0.3 is 51.2 Å². The van der Waals surface area contributed by atoms with Gasteiger partial charge in [-0.25, -0.2) is 0 Å². The highest BCUT2D eigenvalue weighted by molar-refractivity contribution is 5.77. The molecular formula is C14H26N2O10. The van der Waals surface area contributed by atoms with Crippen molar-refractivity contribution in [2.75, 3.05) is 6.61 Å². The van der Waals surface area contributed by atoms with E-state index in [9.17, 15) is 35.1 Å². The first kappa shape index (κ1) is 22.7. The van der Waals surface area contributed by atoms with E-state index >= 15 is 0 Å². The molecule has 1 aliphatic rings. The number of hydrogen-bond donors (Lipinski definition) is 7. The van der Waals surface area contributed by atoms with Gasteiger partial charge in [-0.15, -0.1) is 0 Å². The van der Waals surface area contributed by atoms with E-state index in [0.29, 0.717) is 0 Å². The van der Waals surface area contributed by atoms with Crippen molar-refractivity contribution in [3.63, 3.8) is 0 Å². The second-order valence-electron chi connectivity index (χ2n) is 6.07. The molecule has 152 valence electrons. The minimum atomic E-state index is -1.87. The minimum Gasteiger partial charge on any atom is -0.454 e. The molecular weight excluding hydrogens is 356 g/mol. The lowest BCUT2D eigenvalue weighted by Gasteiger charge is -2.41. The Labute approximate surface area is 149 Å². The average Bonchev–Trinajstić information content (AvgIpc) is 2.58. The molecule has 0 aromatic heterocycles. The van der Waals surface area contributed by atoms with E-state index in [1.54, 1.807) is 0 Å². The van der Waals surface area contributed by atoms with Crippen LogP contribution < -0.4 is 11.5 Å². The monoisotopic (exact) mass is 382 g/mol. The standard InChI is InChI=1S/C14H26N2O10/c1-4(18)7(15)12(21)25-10-9(20)6(3-17)24-14(23)11(10)26-13(22)8(16)5(2)19/h4-11,14,17-20,23H,3,15-16H2,1-2H3/t4-,5-,6-,7+,8+,9-,10+,11-,14?/m1/s1. The average molecular weight is 382 g/mol. The molecule has 1 fully saturated rings. The second-order valence-corrected chi connectivity index (χ2v) is 6.07. The van der Waals surface area contributed by atoms with Crippen LogP contribution in [0, 0.1) is 0 Å². The molecule has 12 heteroatoms. The van der Waals surface area contributed by atoms with Gasteiger partial charge in [-0.3, -0.25) is 9.59 Å². The Morgan fingerprint density at radius 2 is 1.42 bits per heavy atom. The van der Waals surface area contributed by atoms with Crippen LogP contribution in [0.3, 0.4) is 0 Å². The van der Waals surface area contributed by atoms with Crippen LogP contribution in [0.15, 0.2) is 0 Å². The SMILES string of the molecule is C[C@@H](O)[C@H](N)C(=O)O[C@H]1[C@H](O)[C@@H](CO)OC(O)[C@@H]1OC(=O)[C@@H](N)[C@@H](C)O. The van der Waals surface area contributed by atoms with Gasteiger partial charge in [-0.1, -0.05) is 0 Å². The van der Waals surface area contributed by atoms with E-state index in [1.807, 2.05) is 0 Å². The maximum atomic E-state index is 12.0. The van der Waals surface area contributed by atoms with Crippen molar-refractivity contribution >= 4 is 11.9 Å². The highest BCUT2D eigenvalue weighted by Gasteiger charge is 2.50.